The molecule has 0 aromatic rings. The Morgan fingerprint density at radius 1 is 1.67 bits per heavy atom. The van der Waals surface area contributed by atoms with Crippen LogP contribution in [-0.2, 0) is 4.79 Å². The van der Waals surface area contributed by atoms with Crippen LogP contribution in [0.25, 0.3) is 0 Å². The molecule has 0 spiro atoms. The fourth-order valence-corrected chi connectivity index (χ4v) is 0.768. The third-order valence-electron chi connectivity index (χ3n) is 1.72. The van der Waals surface area contributed by atoms with Gasteiger partial charge >= 0.3 is 5.97 Å². The highest BCUT2D eigenvalue weighted by molar-refractivity contribution is 5.78. The molecule has 1 aliphatic carbocycles. The Labute approximate surface area is 52.4 Å². The van der Waals surface area contributed by atoms with Gasteiger partial charge in [0.1, 0.15) is 0 Å². The standard InChI is InChI=1S/C5H9NO3/c7-4(8)5(1-2-5)3-6-9/h6,9H,1-3H2,(H,7,8). The molecule has 0 aromatic carbocycles. The van der Waals surface area contributed by atoms with Crippen LogP contribution in [-0.4, -0.2) is 22.8 Å². The van der Waals surface area contributed by atoms with Gasteiger partial charge in [-0.15, -0.1) is 0 Å². The van der Waals surface area contributed by atoms with Gasteiger partial charge in [-0.05, 0) is 12.8 Å². The van der Waals surface area contributed by atoms with E-state index in [4.69, 9.17) is 10.3 Å². The molecule has 0 radical (unpaired) electrons. The second-order valence-corrected chi connectivity index (χ2v) is 2.42. The van der Waals surface area contributed by atoms with Crippen molar-refractivity contribution in [1.82, 2.24) is 5.48 Å². The van der Waals surface area contributed by atoms with Crippen LogP contribution in [0.3, 0.4) is 0 Å². The summed E-state index contributed by atoms with van der Waals surface area (Å²) >= 11 is 0. The van der Waals surface area contributed by atoms with Crippen LogP contribution in [0.2, 0.25) is 0 Å². The molecule has 1 fully saturated rings. The average molecular weight is 131 g/mol. The van der Waals surface area contributed by atoms with E-state index in [0.29, 0.717) is 12.8 Å². The van der Waals surface area contributed by atoms with Gasteiger partial charge in [0.15, 0.2) is 0 Å². The van der Waals surface area contributed by atoms with Crippen LogP contribution >= 0.6 is 0 Å². The van der Waals surface area contributed by atoms with Crippen LogP contribution < -0.4 is 5.48 Å². The van der Waals surface area contributed by atoms with Crippen molar-refractivity contribution >= 4 is 5.97 Å². The second kappa shape index (κ2) is 1.97. The van der Waals surface area contributed by atoms with E-state index in [1.165, 1.54) is 0 Å². The lowest BCUT2D eigenvalue weighted by molar-refractivity contribution is -0.143. The lowest BCUT2D eigenvalue weighted by Gasteiger charge is -2.05. The molecule has 4 heteroatoms. The van der Waals surface area contributed by atoms with E-state index in [1.807, 2.05) is 5.48 Å². The summed E-state index contributed by atoms with van der Waals surface area (Å²) in [5, 5.41) is 16.7. The zero-order valence-corrected chi connectivity index (χ0v) is 4.92. The highest BCUT2D eigenvalue weighted by atomic mass is 16.5. The van der Waals surface area contributed by atoms with E-state index < -0.39 is 11.4 Å². The number of hydrogen-bond acceptors (Lipinski definition) is 3. The lowest BCUT2D eigenvalue weighted by Crippen LogP contribution is -2.27. The minimum absolute atomic E-state index is 0.169. The minimum Gasteiger partial charge on any atom is -0.481 e. The van der Waals surface area contributed by atoms with Gasteiger partial charge < -0.3 is 10.3 Å². The summed E-state index contributed by atoms with van der Waals surface area (Å²) in [5.41, 5.74) is 1.23. The second-order valence-electron chi connectivity index (χ2n) is 2.42. The Balaban J connectivity index is 2.43. The van der Waals surface area contributed by atoms with Crippen LogP contribution in [0.5, 0.6) is 0 Å². The number of carbonyl (C=O) groups is 1. The number of aliphatic carboxylic acids is 1. The molecule has 0 atom stereocenters. The predicted molar refractivity (Wildman–Crippen MR) is 29.1 cm³/mol. The first-order valence-electron chi connectivity index (χ1n) is 2.82. The van der Waals surface area contributed by atoms with Gasteiger partial charge in [0.05, 0.1) is 5.41 Å². The first-order chi connectivity index (χ1) is 4.21. The van der Waals surface area contributed by atoms with Crippen LogP contribution in [0.15, 0.2) is 0 Å². The van der Waals surface area contributed by atoms with Gasteiger partial charge in [0.25, 0.3) is 0 Å². The molecule has 0 saturated heterocycles. The summed E-state index contributed by atoms with van der Waals surface area (Å²) in [7, 11) is 0. The maximum atomic E-state index is 10.3. The van der Waals surface area contributed by atoms with Crippen molar-refractivity contribution in [3.8, 4) is 0 Å². The molecule has 52 valence electrons. The quantitative estimate of drug-likeness (QED) is 0.465. The zero-order chi connectivity index (χ0) is 6.91. The third-order valence-corrected chi connectivity index (χ3v) is 1.72. The Morgan fingerprint density at radius 2 is 2.22 bits per heavy atom. The number of hydroxylamine groups is 1. The third kappa shape index (κ3) is 1.04. The molecule has 0 bridgehead atoms. The largest absolute Gasteiger partial charge is 0.481 e. The molecule has 0 aromatic heterocycles. The van der Waals surface area contributed by atoms with Crippen LogP contribution in [0.4, 0.5) is 0 Å². The monoisotopic (exact) mass is 131 g/mol. The Hall–Kier alpha value is -0.610. The summed E-state index contributed by atoms with van der Waals surface area (Å²) in [5.74, 6) is -0.816. The number of rotatable bonds is 3. The lowest BCUT2D eigenvalue weighted by atomic mass is 10.1. The van der Waals surface area contributed by atoms with Crippen molar-refractivity contribution in [3.63, 3.8) is 0 Å². The molecule has 9 heavy (non-hydrogen) atoms. The Kier molecular flexibility index (Phi) is 1.42. The first kappa shape index (κ1) is 6.51. The molecular weight excluding hydrogens is 122 g/mol. The van der Waals surface area contributed by atoms with Crippen LogP contribution in [0, 0.1) is 5.41 Å². The van der Waals surface area contributed by atoms with Gasteiger partial charge in [-0.25, -0.2) is 5.48 Å². The molecular formula is C5H9NO3. The fourth-order valence-electron chi connectivity index (χ4n) is 0.768. The molecule has 4 nitrogen and oxygen atoms in total. The normalized spacial score (nSPS) is 21.4. The van der Waals surface area contributed by atoms with Gasteiger partial charge in [0.2, 0.25) is 0 Å². The van der Waals surface area contributed by atoms with Crippen molar-refractivity contribution in [2.24, 2.45) is 5.41 Å². The Bertz CT molecular complexity index is 130. The number of hydrogen-bond donors (Lipinski definition) is 3. The average Bonchev–Trinajstić information content (AvgIpc) is 2.49. The van der Waals surface area contributed by atoms with E-state index in [0.717, 1.165) is 0 Å². The summed E-state index contributed by atoms with van der Waals surface area (Å²) in [6.07, 6.45) is 1.35. The number of carboxylic acids is 1. The molecule has 0 heterocycles. The van der Waals surface area contributed by atoms with E-state index >= 15 is 0 Å². The topological polar surface area (TPSA) is 69.6 Å². The smallest absolute Gasteiger partial charge is 0.311 e. The predicted octanol–water partition coefficient (Wildman–Crippen LogP) is -0.170. The molecule has 3 N–H and O–H groups in total. The number of carboxylic acid groups (broad SMARTS) is 1. The summed E-state index contributed by atoms with van der Waals surface area (Å²) in [6.45, 7) is 0.169. The van der Waals surface area contributed by atoms with Gasteiger partial charge in [-0.1, -0.05) is 0 Å². The van der Waals surface area contributed by atoms with Crippen molar-refractivity contribution in [2.45, 2.75) is 12.8 Å². The van der Waals surface area contributed by atoms with Crippen molar-refractivity contribution in [3.05, 3.63) is 0 Å². The molecule has 1 aliphatic rings. The first-order valence-corrected chi connectivity index (χ1v) is 2.82. The van der Waals surface area contributed by atoms with Gasteiger partial charge in [0, 0.05) is 6.54 Å². The zero-order valence-electron chi connectivity index (χ0n) is 4.92. The molecule has 0 amide bonds. The molecule has 0 aliphatic heterocycles. The SMILES string of the molecule is O=C(O)C1(CNO)CC1. The van der Waals surface area contributed by atoms with Crippen molar-refractivity contribution in [2.75, 3.05) is 6.54 Å². The minimum atomic E-state index is -0.816. The highest BCUT2D eigenvalue weighted by Crippen LogP contribution is 2.44. The fraction of sp³-hybridized carbons (Fsp3) is 0.800. The van der Waals surface area contributed by atoms with E-state index in [1.54, 1.807) is 0 Å². The maximum absolute atomic E-state index is 10.3. The van der Waals surface area contributed by atoms with E-state index in [2.05, 4.69) is 0 Å². The number of nitrogens with one attached hydrogen (secondary N) is 1. The summed E-state index contributed by atoms with van der Waals surface area (Å²) in [6, 6.07) is 0. The van der Waals surface area contributed by atoms with E-state index in [-0.39, 0.29) is 6.54 Å². The van der Waals surface area contributed by atoms with Gasteiger partial charge in [-0.3, -0.25) is 4.79 Å². The van der Waals surface area contributed by atoms with Gasteiger partial charge in [-0.2, -0.15) is 0 Å². The van der Waals surface area contributed by atoms with Crippen LogP contribution in [0.1, 0.15) is 12.8 Å². The molecule has 1 rings (SSSR count). The Morgan fingerprint density at radius 3 is 2.33 bits per heavy atom. The van der Waals surface area contributed by atoms with Crippen molar-refractivity contribution < 1.29 is 15.1 Å². The molecule has 0 unspecified atom stereocenters. The van der Waals surface area contributed by atoms with Crippen molar-refractivity contribution in [1.29, 1.82) is 0 Å². The maximum Gasteiger partial charge on any atom is 0.311 e. The summed E-state index contributed by atoms with van der Waals surface area (Å²) in [4.78, 5) is 10.3. The molecule has 1 saturated carbocycles. The highest BCUT2D eigenvalue weighted by Gasteiger charge is 2.49. The summed E-state index contributed by atoms with van der Waals surface area (Å²) < 4.78 is 0. The van der Waals surface area contributed by atoms with E-state index in [9.17, 15) is 4.79 Å².